The number of phenols is 2. The number of aliphatic hydroxyl groups excluding tert-OH is 7. The number of aliphatic hydroxyl groups is 7. The van der Waals surface area contributed by atoms with E-state index in [-0.39, 0.29) is 51.0 Å². The molecule has 268 valence electrons. The average molecular weight is 700 g/mol. The van der Waals surface area contributed by atoms with Crippen molar-refractivity contribution < 1.29 is 93.4 Å². The van der Waals surface area contributed by atoms with Crippen molar-refractivity contribution in [3.05, 3.63) is 30.3 Å². The van der Waals surface area contributed by atoms with E-state index in [4.69, 9.17) is 37.9 Å². The third kappa shape index (κ3) is 7.15. The zero-order valence-electron chi connectivity index (χ0n) is 25.7. The summed E-state index contributed by atoms with van der Waals surface area (Å²) >= 11 is 0. The van der Waals surface area contributed by atoms with Crippen LogP contribution in [0.25, 0.3) is 22.3 Å². The van der Waals surface area contributed by atoms with Crippen molar-refractivity contribution in [3.63, 3.8) is 0 Å². The Hall–Kier alpha value is -4.44. The molecule has 0 spiro atoms. The van der Waals surface area contributed by atoms with Crippen molar-refractivity contribution in [1.82, 2.24) is 0 Å². The number of hydrogen-bond donors (Lipinski definition) is 10. The second-order valence-corrected chi connectivity index (χ2v) is 11.0. The first-order valence-electron chi connectivity index (χ1n) is 14.6. The Balaban J connectivity index is 1.63. The molecule has 2 aliphatic rings. The SMILES string of the molecule is COc1cc(-c2[o+]c3cc(O)cc(OC4OC(COC(=O)O)C(O)C(O)C4O)c3cc2OC2OC(CO)C(O)C(O)C2O)cc(OC)c1O. The van der Waals surface area contributed by atoms with E-state index in [0.29, 0.717) is 0 Å². The molecule has 2 aromatic carbocycles. The molecule has 10 N–H and O–H groups in total. The van der Waals surface area contributed by atoms with E-state index in [0.717, 1.165) is 6.07 Å². The van der Waals surface area contributed by atoms with E-state index in [1.807, 2.05) is 0 Å². The van der Waals surface area contributed by atoms with Crippen molar-refractivity contribution in [3.8, 4) is 45.8 Å². The van der Waals surface area contributed by atoms with Crippen LogP contribution in [-0.4, -0.2) is 146 Å². The molecule has 0 aliphatic carbocycles. The van der Waals surface area contributed by atoms with Gasteiger partial charge < -0.3 is 84.2 Å². The fraction of sp³-hybridized carbons (Fsp3) is 0.467. The van der Waals surface area contributed by atoms with Gasteiger partial charge >= 0.3 is 17.5 Å². The number of ether oxygens (including phenoxy) is 7. The molecule has 0 bridgehead atoms. The number of aromatic hydroxyl groups is 2. The Morgan fingerprint density at radius 3 is 1.84 bits per heavy atom. The summed E-state index contributed by atoms with van der Waals surface area (Å²) in [5.74, 6) is -1.59. The lowest BCUT2D eigenvalue weighted by Crippen LogP contribution is -2.60. The highest BCUT2D eigenvalue weighted by Crippen LogP contribution is 2.46. The second kappa shape index (κ2) is 14.6. The highest BCUT2D eigenvalue weighted by atomic mass is 16.7. The number of carboxylic acid groups (broad SMARTS) is 1. The zero-order chi connectivity index (χ0) is 35.7. The van der Waals surface area contributed by atoms with Crippen LogP contribution < -0.4 is 18.9 Å². The summed E-state index contributed by atoms with van der Waals surface area (Å²) in [5, 5.41) is 102. The quantitative estimate of drug-likeness (QED) is 0.0884. The minimum Gasteiger partial charge on any atom is -0.507 e. The van der Waals surface area contributed by atoms with Crippen LogP contribution in [0.4, 0.5) is 4.79 Å². The maximum Gasteiger partial charge on any atom is 0.505 e. The number of methoxy groups -OCH3 is 2. The number of fused-ring (bicyclic) bond motifs is 1. The first-order chi connectivity index (χ1) is 23.3. The molecular formula is C30H35O19+. The molecule has 10 unspecified atom stereocenters. The maximum absolute atomic E-state index is 10.9. The highest BCUT2D eigenvalue weighted by Gasteiger charge is 2.47. The van der Waals surface area contributed by atoms with Gasteiger partial charge in [-0.05, 0) is 0 Å². The summed E-state index contributed by atoms with van der Waals surface area (Å²) in [6.45, 7) is -1.50. The number of carbonyl (C=O) groups is 1. The third-order valence-electron chi connectivity index (χ3n) is 7.92. The summed E-state index contributed by atoms with van der Waals surface area (Å²) in [7, 11) is 2.55. The number of hydrogen-bond acceptors (Lipinski definition) is 17. The smallest absolute Gasteiger partial charge is 0.505 e. The van der Waals surface area contributed by atoms with Gasteiger partial charge in [-0.15, -0.1) is 0 Å². The second-order valence-electron chi connectivity index (χ2n) is 11.0. The molecule has 2 aliphatic heterocycles. The van der Waals surface area contributed by atoms with Gasteiger partial charge in [-0.1, -0.05) is 0 Å². The summed E-state index contributed by atoms with van der Waals surface area (Å²) in [4.78, 5) is 10.9. The molecule has 2 saturated heterocycles. The van der Waals surface area contributed by atoms with Crippen molar-refractivity contribution in [1.29, 1.82) is 0 Å². The maximum atomic E-state index is 10.9. The van der Waals surface area contributed by atoms with Crippen LogP contribution in [0.3, 0.4) is 0 Å². The Labute approximate surface area is 275 Å². The lowest BCUT2D eigenvalue weighted by molar-refractivity contribution is -0.277. The Morgan fingerprint density at radius 1 is 0.735 bits per heavy atom. The molecule has 0 saturated carbocycles. The van der Waals surface area contributed by atoms with Gasteiger partial charge in [0.25, 0.3) is 0 Å². The van der Waals surface area contributed by atoms with Crippen LogP contribution in [-0.2, 0) is 14.2 Å². The molecule has 0 radical (unpaired) electrons. The van der Waals surface area contributed by atoms with Crippen LogP contribution in [0, 0.1) is 0 Å². The highest BCUT2D eigenvalue weighted by molar-refractivity contribution is 5.89. The predicted molar refractivity (Wildman–Crippen MR) is 158 cm³/mol. The summed E-state index contributed by atoms with van der Waals surface area (Å²) in [5.41, 5.74) is 0.0389. The van der Waals surface area contributed by atoms with Gasteiger partial charge in [-0.2, -0.15) is 0 Å². The predicted octanol–water partition coefficient (Wildman–Crippen LogP) is -1.13. The summed E-state index contributed by atoms with van der Waals surface area (Å²) < 4.78 is 43.8. The molecule has 49 heavy (non-hydrogen) atoms. The standard InChI is InChI=1S/C30H34O19/c1-42-15-3-10(4-16(43-2)20(15)33)27-17(47-29-25(38)23(36)21(34)18(8-31)48-29)7-12-13(45-27)5-11(32)6-14(12)46-28-26(39)24(37)22(35)19(49-28)9-44-30(40)41/h3-7,18-19,21-26,28-29,31,34-39H,8-9H2,1-2H3,(H2-,32,33,40,41)/p+1. The van der Waals surface area contributed by atoms with Crippen LogP contribution in [0.5, 0.6) is 34.5 Å². The van der Waals surface area contributed by atoms with E-state index in [1.165, 1.54) is 38.5 Å². The van der Waals surface area contributed by atoms with Gasteiger partial charge in [0.15, 0.2) is 11.5 Å². The molecular weight excluding hydrogens is 664 g/mol. The first kappa shape index (κ1) is 35.9. The summed E-state index contributed by atoms with van der Waals surface area (Å²) in [6, 6.07) is 6.17. The molecule has 5 rings (SSSR count). The molecule has 19 nitrogen and oxygen atoms in total. The summed E-state index contributed by atoms with van der Waals surface area (Å²) in [6.07, 6.45) is -18.9. The fourth-order valence-electron chi connectivity index (χ4n) is 5.30. The molecule has 0 amide bonds. The normalized spacial score (nSPS) is 30.1. The minimum atomic E-state index is -1.90. The lowest BCUT2D eigenvalue weighted by Gasteiger charge is -2.39. The third-order valence-corrected chi connectivity index (χ3v) is 7.92. The van der Waals surface area contributed by atoms with Gasteiger partial charge in [0.05, 0.1) is 32.5 Å². The molecule has 1 aromatic heterocycles. The molecule has 3 heterocycles. The van der Waals surface area contributed by atoms with Gasteiger partial charge in [0.1, 0.15) is 72.3 Å². The van der Waals surface area contributed by atoms with Gasteiger partial charge in [-0.25, -0.2) is 9.21 Å². The molecule has 3 aromatic rings. The van der Waals surface area contributed by atoms with Crippen molar-refractivity contribution in [2.75, 3.05) is 27.4 Å². The lowest BCUT2D eigenvalue weighted by atomic mass is 9.99. The van der Waals surface area contributed by atoms with Gasteiger partial charge in [0, 0.05) is 24.3 Å². The monoisotopic (exact) mass is 699 g/mol. The van der Waals surface area contributed by atoms with Crippen molar-refractivity contribution in [2.24, 2.45) is 0 Å². The van der Waals surface area contributed by atoms with Crippen LogP contribution in [0.1, 0.15) is 0 Å². The van der Waals surface area contributed by atoms with E-state index in [9.17, 15) is 50.8 Å². The van der Waals surface area contributed by atoms with E-state index < -0.39 is 86.5 Å². The van der Waals surface area contributed by atoms with Crippen molar-refractivity contribution in [2.45, 2.75) is 61.4 Å². The van der Waals surface area contributed by atoms with E-state index in [2.05, 4.69) is 4.74 Å². The van der Waals surface area contributed by atoms with Gasteiger partial charge in [0.2, 0.25) is 24.1 Å². The van der Waals surface area contributed by atoms with Crippen LogP contribution >= 0.6 is 0 Å². The Bertz CT molecular complexity index is 1620. The molecule has 19 heteroatoms. The minimum absolute atomic E-state index is 0.00593. The fourth-order valence-corrected chi connectivity index (χ4v) is 5.30. The van der Waals surface area contributed by atoms with Crippen LogP contribution in [0.15, 0.2) is 34.7 Å². The van der Waals surface area contributed by atoms with Crippen molar-refractivity contribution >= 4 is 17.1 Å². The molecule has 2 fully saturated rings. The number of rotatable bonds is 10. The average Bonchev–Trinajstić information content (AvgIpc) is 3.08. The van der Waals surface area contributed by atoms with E-state index in [1.54, 1.807) is 0 Å². The largest absolute Gasteiger partial charge is 0.507 e. The van der Waals surface area contributed by atoms with Gasteiger partial charge in [-0.3, -0.25) is 0 Å². The first-order valence-corrected chi connectivity index (χ1v) is 14.6. The number of benzene rings is 2. The topological polar surface area (TPSA) is 295 Å². The Kier molecular flexibility index (Phi) is 10.7. The number of phenolic OH excluding ortho intramolecular Hbond substituents is 2. The Morgan fingerprint density at radius 2 is 1.29 bits per heavy atom. The van der Waals surface area contributed by atoms with E-state index >= 15 is 0 Å². The molecule has 10 atom stereocenters. The zero-order valence-corrected chi connectivity index (χ0v) is 25.7. The van der Waals surface area contributed by atoms with Crippen LogP contribution in [0.2, 0.25) is 0 Å².